The molecule has 0 N–H and O–H groups in total. The Kier molecular flexibility index (Phi) is 1.31. The van der Waals surface area contributed by atoms with Crippen LogP contribution in [-0.2, 0) is 0 Å². The lowest BCUT2D eigenvalue weighted by Gasteiger charge is -2.44. The molecular weight excluding hydrogens is 180 g/mol. The summed E-state index contributed by atoms with van der Waals surface area (Å²) in [4.78, 5) is 0. The zero-order chi connectivity index (χ0) is 10.6. The standard InChI is InChI=1S/C15H24/c1-8(2)9-5-6-14(3)10-7-11-13(12(9)10)15(11,14)4/h8-13H,5-7H2,1-4H3/t9-,10+,11-,12+,13-,14-,15-/m0/s1. The van der Waals surface area contributed by atoms with E-state index in [1.807, 2.05) is 0 Å². The van der Waals surface area contributed by atoms with Gasteiger partial charge in [-0.2, -0.15) is 0 Å². The predicted octanol–water partition coefficient (Wildman–Crippen LogP) is 3.96. The fraction of sp³-hybridized carbons (Fsp3) is 1.00. The molecule has 7 atom stereocenters. The maximum atomic E-state index is 2.63. The van der Waals surface area contributed by atoms with Crippen LogP contribution < -0.4 is 0 Å². The van der Waals surface area contributed by atoms with E-state index in [1.165, 1.54) is 6.42 Å². The van der Waals surface area contributed by atoms with E-state index in [0.717, 1.165) is 46.3 Å². The maximum Gasteiger partial charge on any atom is -0.0204 e. The van der Waals surface area contributed by atoms with Crippen LogP contribution in [0.25, 0.3) is 0 Å². The summed E-state index contributed by atoms with van der Waals surface area (Å²) in [6.45, 7) is 10.2. The topological polar surface area (TPSA) is 0 Å². The molecule has 0 spiro atoms. The highest BCUT2D eigenvalue weighted by Crippen LogP contribution is 2.91. The Hall–Kier alpha value is 0. The third-order valence-electron chi connectivity index (χ3n) is 7.57. The summed E-state index contributed by atoms with van der Waals surface area (Å²) in [5.74, 6) is 6.57. The fourth-order valence-corrected chi connectivity index (χ4v) is 6.72. The summed E-state index contributed by atoms with van der Waals surface area (Å²) < 4.78 is 0. The molecule has 0 heterocycles. The second-order valence-corrected chi connectivity index (χ2v) is 7.70. The van der Waals surface area contributed by atoms with Gasteiger partial charge in [-0.05, 0) is 65.6 Å². The van der Waals surface area contributed by atoms with Gasteiger partial charge in [-0.15, -0.1) is 0 Å². The van der Waals surface area contributed by atoms with Gasteiger partial charge in [-0.3, -0.25) is 0 Å². The first kappa shape index (κ1) is 9.07. The second-order valence-electron chi connectivity index (χ2n) is 7.70. The lowest BCUT2D eigenvalue weighted by Crippen LogP contribution is -2.37. The average molecular weight is 204 g/mol. The first-order chi connectivity index (χ1) is 7.02. The smallest absolute Gasteiger partial charge is 0.0204 e. The fourth-order valence-electron chi connectivity index (χ4n) is 6.72. The van der Waals surface area contributed by atoms with Gasteiger partial charge in [-0.25, -0.2) is 0 Å². The average Bonchev–Trinajstić information content (AvgIpc) is 2.49. The van der Waals surface area contributed by atoms with E-state index in [2.05, 4.69) is 27.7 Å². The van der Waals surface area contributed by atoms with E-state index in [0.29, 0.717) is 0 Å². The molecule has 6 bridgehead atoms. The van der Waals surface area contributed by atoms with E-state index < -0.39 is 0 Å². The minimum absolute atomic E-state index is 0.762. The van der Waals surface area contributed by atoms with Gasteiger partial charge in [0.25, 0.3) is 0 Å². The Morgan fingerprint density at radius 3 is 2.47 bits per heavy atom. The van der Waals surface area contributed by atoms with Gasteiger partial charge >= 0.3 is 0 Å². The van der Waals surface area contributed by atoms with Crippen molar-refractivity contribution in [2.75, 3.05) is 0 Å². The highest BCUT2D eigenvalue weighted by Gasteiger charge is 2.86. The molecule has 15 heavy (non-hydrogen) atoms. The summed E-state index contributed by atoms with van der Waals surface area (Å²) in [6, 6.07) is 0. The molecule has 5 fully saturated rings. The molecule has 5 aliphatic rings. The van der Waals surface area contributed by atoms with Crippen LogP contribution in [0.5, 0.6) is 0 Å². The number of hydrogen-bond acceptors (Lipinski definition) is 0. The van der Waals surface area contributed by atoms with Crippen molar-refractivity contribution in [3.63, 3.8) is 0 Å². The normalized spacial score (nSPS) is 69.0. The first-order valence-electron chi connectivity index (χ1n) is 7.02. The number of hydrogen-bond donors (Lipinski definition) is 0. The van der Waals surface area contributed by atoms with Crippen LogP contribution in [0.1, 0.15) is 47.0 Å². The number of rotatable bonds is 1. The van der Waals surface area contributed by atoms with Gasteiger partial charge in [0, 0.05) is 0 Å². The molecule has 0 radical (unpaired) electrons. The van der Waals surface area contributed by atoms with Crippen LogP contribution in [0.2, 0.25) is 0 Å². The predicted molar refractivity (Wildman–Crippen MR) is 62.4 cm³/mol. The largest absolute Gasteiger partial charge is 0.0625 e. The highest BCUT2D eigenvalue weighted by atomic mass is 14.9. The molecular formula is C15H24. The van der Waals surface area contributed by atoms with Gasteiger partial charge in [0.05, 0.1) is 0 Å². The van der Waals surface area contributed by atoms with Crippen molar-refractivity contribution in [1.82, 2.24) is 0 Å². The van der Waals surface area contributed by atoms with E-state index in [4.69, 9.17) is 0 Å². The lowest BCUT2D eigenvalue weighted by atomic mass is 9.61. The van der Waals surface area contributed by atoms with Gasteiger partial charge in [-0.1, -0.05) is 27.7 Å². The van der Waals surface area contributed by atoms with Gasteiger partial charge in [0.2, 0.25) is 0 Å². The summed E-state index contributed by atoms with van der Waals surface area (Å²) in [5, 5.41) is 0. The zero-order valence-electron chi connectivity index (χ0n) is 10.6. The zero-order valence-corrected chi connectivity index (χ0v) is 10.6. The molecule has 5 aliphatic carbocycles. The summed E-state index contributed by atoms with van der Waals surface area (Å²) in [6.07, 6.45) is 4.68. The molecule has 0 amide bonds. The van der Waals surface area contributed by atoms with Crippen LogP contribution in [0, 0.1) is 46.3 Å². The molecule has 5 rings (SSSR count). The third-order valence-corrected chi connectivity index (χ3v) is 7.57. The van der Waals surface area contributed by atoms with Crippen molar-refractivity contribution in [2.45, 2.75) is 47.0 Å². The Bertz CT molecular complexity index is 329. The van der Waals surface area contributed by atoms with Crippen molar-refractivity contribution in [1.29, 1.82) is 0 Å². The molecule has 0 aromatic rings. The summed E-state index contributed by atoms with van der Waals surface area (Å²) in [5.41, 5.74) is 1.56. The molecule has 0 nitrogen and oxygen atoms in total. The van der Waals surface area contributed by atoms with Crippen LogP contribution in [-0.4, -0.2) is 0 Å². The van der Waals surface area contributed by atoms with Crippen LogP contribution in [0.3, 0.4) is 0 Å². The Morgan fingerprint density at radius 1 is 1.13 bits per heavy atom. The molecule has 0 aromatic heterocycles. The van der Waals surface area contributed by atoms with Crippen molar-refractivity contribution < 1.29 is 0 Å². The van der Waals surface area contributed by atoms with E-state index in [1.54, 1.807) is 12.8 Å². The second kappa shape index (κ2) is 2.17. The van der Waals surface area contributed by atoms with E-state index in [9.17, 15) is 0 Å². The quantitative estimate of drug-likeness (QED) is 0.606. The van der Waals surface area contributed by atoms with Gasteiger partial charge in [0.15, 0.2) is 0 Å². The Labute approximate surface area is 93.8 Å². The van der Waals surface area contributed by atoms with Crippen LogP contribution >= 0.6 is 0 Å². The van der Waals surface area contributed by atoms with E-state index in [-0.39, 0.29) is 0 Å². The molecule has 0 saturated heterocycles. The maximum absolute atomic E-state index is 2.63. The molecule has 5 saturated carbocycles. The molecule has 0 aliphatic heterocycles. The molecule has 84 valence electrons. The summed E-state index contributed by atoms with van der Waals surface area (Å²) in [7, 11) is 0. The van der Waals surface area contributed by atoms with Crippen molar-refractivity contribution in [3.8, 4) is 0 Å². The third kappa shape index (κ3) is 0.666. The van der Waals surface area contributed by atoms with Crippen molar-refractivity contribution in [2.24, 2.45) is 46.3 Å². The van der Waals surface area contributed by atoms with Gasteiger partial charge < -0.3 is 0 Å². The minimum Gasteiger partial charge on any atom is -0.0625 e. The van der Waals surface area contributed by atoms with E-state index >= 15 is 0 Å². The monoisotopic (exact) mass is 204 g/mol. The highest BCUT2D eigenvalue weighted by molar-refractivity contribution is 5.33. The lowest BCUT2D eigenvalue weighted by molar-refractivity contribution is 0.0483. The molecule has 0 aromatic carbocycles. The van der Waals surface area contributed by atoms with Gasteiger partial charge in [0.1, 0.15) is 0 Å². The SMILES string of the molecule is CC(C)[C@@H]1CC[C@@]2(C)[C@@H]3C[C@H]4[C@@H]([C@@H]31)[C@]42C. The Morgan fingerprint density at radius 2 is 1.87 bits per heavy atom. The molecule has 0 unspecified atom stereocenters. The Balaban J connectivity index is 1.80. The minimum atomic E-state index is 0.762. The van der Waals surface area contributed by atoms with Crippen molar-refractivity contribution >= 4 is 0 Å². The van der Waals surface area contributed by atoms with Crippen LogP contribution in [0.15, 0.2) is 0 Å². The molecule has 0 heteroatoms. The first-order valence-corrected chi connectivity index (χ1v) is 7.02. The van der Waals surface area contributed by atoms with Crippen molar-refractivity contribution in [3.05, 3.63) is 0 Å². The van der Waals surface area contributed by atoms with Crippen LogP contribution in [0.4, 0.5) is 0 Å². The summed E-state index contributed by atoms with van der Waals surface area (Å²) >= 11 is 0.